The fourth-order valence-corrected chi connectivity index (χ4v) is 4.50. The topological polar surface area (TPSA) is 46.2 Å². The number of hydrogen-bond acceptors (Lipinski definition) is 2. The van der Waals surface area contributed by atoms with Gasteiger partial charge >= 0.3 is 0 Å². The van der Waals surface area contributed by atoms with E-state index in [1.807, 2.05) is 30.3 Å². The first-order valence-electron chi connectivity index (χ1n) is 7.00. The van der Waals surface area contributed by atoms with Crippen LogP contribution in [0.4, 0.5) is 0 Å². The highest BCUT2D eigenvalue weighted by molar-refractivity contribution is 7.89. The number of hydrogen-bond donors (Lipinski definition) is 1. The van der Waals surface area contributed by atoms with Crippen LogP contribution in [0.1, 0.15) is 24.4 Å². The summed E-state index contributed by atoms with van der Waals surface area (Å²) in [4.78, 5) is 0.0169. The van der Waals surface area contributed by atoms with E-state index in [2.05, 4.69) is 4.72 Å². The molecule has 2 aromatic carbocycles. The molecule has 0 bridgehead atoms. The smallest absolute Gasteiger partial charge is 0.207 e. The molecule has 1 fully saturated rings. The van der Waals surface area contributed by atoms with Crippen LogP contribution >= 0.6 is 23.2 Å². The van der Waals surface area contributed by atoms with Gasteiger partial charge in [-0.25, -0.2) is 13.1 Å². The van der Waals surface area contributed by atoms with E-state index < -0.39 is 10.0 Å². The highest BCUT2D eigenvalue weighted by Gasteiger charge is 2.35. The third kappa shape index (κ3) is 3.30. The largest absolute Gasteiger partial charge is 0.242 e. The van der Waals surface area contributed by atoms with Crippen molar-refractivity contribution in [2.75, 3.05) is 0 Å². The fraction of sp³-hybridized carbons (Fsp3) is 0.250. The van der Waals surface area contributed by atoms with Crippen LogP contribution in [-0.2, 0) is 10.0 Å². The van der Waals surface area contributed by atoms with Gasteiger partial charge < -0.3 is 0 Å². The van der Waals surface area contributed by atoms with Gasteiger partial charge in [0.25, 0.3) is 0 Å². The van der Waals surface area contributed by atoms with E-state index in [0.29, 0.717) is 5.92 Å². The van der Waals surface area contributed by atoms with Crippen LogP contribution in [0, 0.1) is 5.92 Å². The van der Waals surface area contributed by atoms with Crippen molar-refractivity contribution in [3.8, 4) is 0 Å². The Morgan fingerprint density at radius 1 is 1.00 bits per heavy atom. The molecule has 1 aliphatic rings. The van der Waals surface area contributed by atoms with Crippen molar-refractivity contribution in [2.24, 2.45) is 5.92 Å². The molecule has 116 valence electrons. The molecule has 22 heavy (non-hydrogen) atoms. The molecule has 1 N–H and O–H groups in total. The first-order valence-corrected chi connectivity index (χ1v) is 9.24. The Hall–Kier alpha value is -1.07. The van der Waals surface area contributed by atoms with E-state index >= 15 is 0 Å². The molecular weight excluding hydrogens is 341 g/mol. The Labute approximate surface area is 140 Å². The van der Waals surface area contributed by atoms with Gasteiger partial charge in [-0.2, -0.15) is 0 Å². The molecule has 0 radical (unpaired) electrons. The summed E-state index contributed by atoms with van der Waals surface area (Å²) in [6.07, 6.45) is 2.04. The molecule has 3 nitrogen and oxygen atoms in total. The van der Waals surface area contributed by atoms with Crippen LogP contribution in [0.25, 0.3) is 0 Å². The van der Waals surface area contributed by atoms with Crippen LogP contribution in [-0.4, -0.2) is 8.42 Å². The van der Waals surface area contributed by atoms with E-state index in [4.69, 9.17) is 23.2 Å². The highest BCUT2D eigenvalue weighted by atomic mass is 35.5. The van der Waals surface area contributed by atoms with Gasteiger partial charge in [0.15, 0.2) is 0 Å². The third-order valence-corrected chi connectivity index (χ3v) is 6.15. The van der Waals surface area contributed by atoms with Crippen molar-refractivity contribution in [2.45, 2.75) is 23.8 Å². The van der Waals surface area contributed by atoms with E-state index in [9.17, 15) is 8.42 Å². The summed E-state index contributed by atoms with van der Waals surface area (Å²) in [6.45, 7) is 0. The molecule has 0 aromatic heterocycles. The maximum absolute atomic E-state index is 12.7. The second kappa shape index (κ2) is 6.20. The van der Waals surface area contributed by atoms with Crippen molar-refractivity contribution in [3.05, 3.63) is 64.1 Å². The molecular formula is C16H15Cl2NO2S. The molecule has 1 saturated carbocycles. The van der Waals surface area contributed by atoms with Gasteiger partial charge in [0, 0.05) is 6.04 Å². The lowest BCUT2D eigenvalue weighted by atomic mass is 10.0. The Morgan fingerprint density at radius 2 is 1.68 bits per heavy atom. The number of benzene rings is 2. The maximum Gasteiger partial charge on any atom is 0.242 e. The van der Waals surface area contributed by atoms with Crippen molar-refractivity contribution in [3.63, 3.8) is 0 Å². The van der Waals surface area contributed by atoms with Crippen LogP contribution in [0.2, 0.25) is 10.0 Å². The Bertz CT molecular complexity index is 774. The average molecular weight is 356 g/mol. The SMILES string of the molecule is O=S(=O)(N[C@@H](c1ccccc1)C1CC1)c1cccc(Cl)c1Cl. The van der Waals surface area contributed by atoms with E-state index in [1.165, 1.54) is 6.07 Å². The van der Waals surface area contributed by atoms with E-state index in [-0.39, 0.29) is 21.0 Å². The molecule has 0 heterocycles. The standard InChI is InChI=1S/C16H15Cl2NO2S/c17-13-7-4-8-14(15(13)18)22(20,21)19-16(12-9-10-12)11-5-2-1-3-6-11/h1-8,12,16,19H,9-10H2/t16-/m0/s1. The molecule has 1 atom stereocenters. The zero-order valence-corrected chi connectivity index (χ0v) is 14.0. The predicted octanol–water partition coefficient (Wildman–Crippen LogP) is 4.42. The summed E-state index contributed by atoms with van der Waals surface area (Å²) >= 11 is 12.0. The minimum atomic E-state index is -3.73. The van der Waals surface area contributed by atoms with Crippen molar-refractivity contribution < 1.29 is 8.42 Å². The summed E-state index contributed by atoms with van der Waals surface area (Å²) in [5.74, 6) is 0.329. The first-order chi connectivity index (χ1) is 10.5. The summed E-state index contributed by atoms with van der Waals surface area (Å²) in [5, 5.41) is 0.284. The quantitative estimate of drug-likeness (QED) is 0.862. The summed E-state index contributed by atoms with van der Waals surface area (Å²) in [6, 6.07) is 14.0. The van der Waals surface area contributed by atoms with Crippen molar-refractivity contribution in [1.29, 1.82) is 0 Å². The molecule has 1 aliphatic carbocycles. The second-order valence-corrected chi connectivity index (χ2v) is 7.87. The summed E-state index contributed by atoms with van der Waals surface area (Å²) in [5.41, 5.74) is 0.965. The van der Waals surface area contributed by atoms with Gasteiger partial charge in [-0.1, -0.05) is 59.6 Å². The highest BCUT2D eigenvalue weighted by Crippen LogP contribution is 2.42. The average Bonchev–Trinajstić information content (AvgIpc) is 3.33. The summed E-state index contributed by atoms with van der Waals surface area (Å²) < 4.78 is 28.1. The molecule has 0 unspecified atom stereocenters. The normalized spacial score (nSPS) is 16.5. The van der Waals surface area contributed by atoms with E-state index in [0.717, 1.165) is 18.4 Å². The predicted molar refractivity (Wildman–Crippen MR) is 88.7 cm³/mol. The Kier molecular flexibility index (Phi) is 4.46. The molecule has 0 amide bonds. The van der Waals surface area contributed by atoms with Gasteiger partial charge in [0.2, 0.25) is 10.0 Å². The molecule has 0 spiro atoms. The van der Waals surface area contributed by atoms with Gasteiger partial charge in [0.05, 0.1) is 10.0 Å². The van der Waals surface area contributed by atoms with Crippen LogP contribution < -0.4 is 4.72 Å². The maximum atomic E-state index is 12.7. The monoisotopic (exact) mass is 355 g/mol. The van der Waals surface area contributed by atoms with Crippen LogP contribution in [0.15, 0.2) is 53.4 Å². The zero-order valence-electron chi connectivity index (χ0n) is 11.7. The first kappa shape index (κ1) is 15.8. The van der Waals surface area contributed by atoms with Crippen molar-refractivity contribution >= 4 is 33.2 Å². The number of rotatable bonds is 5. The number of nitrogens with one attached hydrogen (secondary N) is 1. The molecule has 2 aromatic rings. The third-order valence-electron chi connectivity index (χ3n) is 3.74. The molecule has 0 saturated heterocycles. The lowest BCUT2D eigenvalue weighted by molar-refractivity contribution is 0.529. The fourth-order valence-electron chi connectivity index (χ4n) is 2.45. The van der Waals surface area contributed by atoms with Gasteiger partial charge in [-0.3, -0.25) is 0 Å². The van der Waals surface area contributed by atoms with Crippen molar-refractivity contribution in [1.82, 2.24) is 4.72 Å². The van der Waals surface area contributed by atoms with Gasteiger partial charge in [-0.05, 0) is 36.5 Å². The molecule has 6 heteroatoms. The van der Waals surface area contributed by atoms with Crippen LogP contribution in [0.3, 0.4) is 0 Å². The van der Waals surface area contributed by atoms with Crippen LogP contribution in [0.5, 0.6) is 0 Å². The Balaban J connectivity index is 1.94. The summed E-state index contributed by atoms with van der Waals surface area (Å²) in [7, 11) is -3.73. The lowest BCUT2D eigenvalue weighted by Crippen LogP contribution is -2.30. The zero-order chi connectivity index (χ0) is 15.7. The Morgan fingerprint density at radius 3 is 2.32 bits per heavy atom. The lowest BCUT2D eigenvalue weighted by Gasteiger charge is -2.19. The minimum Gasteiger partial charge on any atom is -0.207 e. The molecule has 0 aliphatic heterocycles. The van der Waals surface area contributed by atoms with Gasteiger partial charge in [-0.15, -0.1) is 0 Å². The second-order valence-electron chi connectivity index (χ2n) is 5.40. The molecule has 3 rings (SSSR count). The van der Waals surface area contributed by atoms with E-state index in [1.54, 1.807) is 12.1 Å². The number of sulfonamides is 1. The van der Waals surface area contributed by atoms with Gasteiger partial charge in [0.1, 0.15) is 4.90 Å². The number of halogens is 2. The minimum absolute atomic E-state index is 0.0169.